The maximum Gasteiger partial charge on any atom is 0.235 e. The van der Waals surface area contributed by atoms with Crippen molar-refractivity contribution in [2.45, 2.75) is 50.4 Å². The number of nitrogens with zero attached hydrogens (tertiary/aromatic N) is 3. The standard InChI is InChI=1S/C21H24N4O2S2/c1-14(15-4-7-21-20(10-15)23-13-28-21)25-8-2-3-19-16(12-25)9-17(11-22-19)24-29(26,27)18-5-6-18/h4,7,9-11,13-14,18,24H,2-3,5-6,8,12H2,1H3/t14-/m1/s1. The van der Waals surface area contributed by atoms with E-state index in [0.717, 1.165) is 55.5 Å². The molecule has 1 aliphatic heterocycles. The third kappa shape index (κ3) is 3.89. The second-order valence-electron chi connectivity index (χ2n) is 8.01. The summed E-state index contributed by atoms with van der Waals surface area (Å²) in [6.07, 6.45) is 5.12. The van der Waals surface area contributed by atoms with E-state index in [9.17, 15) is 8.42 Å². The average molecular weight is 429 g/mol. The number of fused-ring (bicyclic) bond motifs is 2. The van der Waals surface area contributed by atoms with Crippen LogP contribution in [0.5, 0.6) is 0 Å². The first-order valence-electron chi connectivity index (χ1n) is 10.1. The minimum atomic E-state index is -3.27. The number of hydrogen-bond donors (Lipinski definition) is 1. The lowest BCUT2D eigenvalue weighted by Gasteiger charge is -2.28. The number of sulfonamides is 1. The van der Waals surface area contributed by atoms with E-state index in [1.54, 1.807) is 17.5 Å². The Balaban J connectivity index is 1.39. The molecule has 0 spiro atoms. The van der Waals surface area contributed by atoms with Gasteiger partial charge in [0.05, 0.1) is 32.9 Å². The van der Waals surface area contributed by atoms with Gasteiger partial charge < -0.3 is 0 Å². The SMILES string of the molecule is C[C@H](c1ccc2scnc2c1)N1CCCc2ncc(NS(=O)(=O)C3CC3)cc2C1. The van der Waals surface area contributed by atoms with Crippen LogP contribution in [0.4, 0.5) is 5.69 Å². The molecule has 5 rings (SSSR count). The molecule has 6 nitrogen and oxygen atoms in total. The number of aryl methyl sites for hydroxylation is 1. The Hall–Kier alpha value is -2.03. The summed E-state index contributed by atoms with van der Waals surface area (Å²) >= 11 is 1.66. The first kappa shape index (κ1) is 19.0. The molecule has 1 saturated carbocycles. The molecule has 8 heteroatoms. The van der Waals surface area contributed by atoms with Crippen LogP contribution in [-0.4, -0.2) is 35.1 Å². The summed E-state index contributed by atoms with van der Waals surface area (Å²) in [6.45, 7) is 3.97. The lowest BCUT2D eigenvalue weighted by molar-refractivity contribution is 0.205. The number of rotatable bonds is 5. The predicted octanol–water partition coefficient (Wildman–Crippen LogP) is 4.10. The molecule has 152 valence electrons. The second-order valence-corrected chi connectivity index (χ2v) is 10.9. The average Bonchev–Trinajstić information content (AvgIpc) is 3.49. The van der Waals surface area contributed by atoms with E-state index in [2.05, 4.69) is 44.7 Å². The van der Waals surface area contributed by atoms with E-state index in [4.69, 9.17) is 0 Å². The van der Waals surface area contributed by atoms with Crippen LogP contribution in [-0.2, 0) is 23.0 Å². The highest BCUT2D eigenvalue weighted by molar-refractivity contribution is 7.93. The number of anilines is 1. The summed E-state index contributed by atoms with van der Waals surface area (Å²) in [5.41, 5.74) is 6.95. The van der Waals surface area contributed by atoms with Gasteiger partial charge in [-0.25, -0.2) is 13.4 Å². The van der Waals surface area contributed by atoms with E-state index in [1.165, 1.54) is 10.3 Å². The Morgan fingerprint density at radius 1 is 1.24 bits per heavy atom. The Kier molecular flexibility index (Phi) is 4.80. The van der Waals surface area contributed by atoms with Crippen molar-refractivity contribution in [3.8, 4) is 0 Å². The zero-order valence-corrected chi connectivity index (χ0v) is 18.0. The van der Waals surface area contributed by atoms with Crippen LogP contribution in [0.15, 0.2) is 36.0 Å². The van der Waals surface area contributed by atoms with Crippen LogP contribution >= 0.6 is 11.3 Å². The minimum Gasteiger partial charge on any atom is -0.292 e. The van der Waals surface area contributed by atoms with Crippen LogP contribution in [0.3, 0.4) is 0 Å². The van der Waals surface area contributed by atoms with Crippen molar-refractivity contribution >= 4 is 37.3 Å². The molecule has 0 radical (unpaired) electrons. The third-order valence-electron chi connectivity index (χ3n) is 5.90. The van der Waals surface area contributed by atoms with E-state index in [1.807, 2.05) is 11.6 Å². The van der Waals surface area contributed by atoms with Gasteiger partial charge in [-0.3, -0.25) is 14.6 Å². The fourth-order valence-corrected chi connectivity index (χ4v) is 6.03. The van der Waals surface area contributed by atoms with Crippen molar-refractivity contribution in [1.82, 2.24) is 14.9 Å². The van der Waals surface area contributed by atoms with Crippen molar-refractivity contribution in [3.05, 3.63) is 52.8 Å². The first-order chi connectivity index (χ1) is 14.0. The second kappa shape index (κ2) is 7.34. The zero-order valence-electron chi connectivity index (χ0n) is 16.3. The van der Waals surface area contributed by atoms with Gasteiger partial charge in [0.1, 0.15) is 0 Å². The van der Waals surface area contributed by atoms with Gasteiger partial charge in [-0.15, -0.1) is 11.3 Å². The Morgan fingerprint density at radius 2 is 2.10 bits per heavy atom. The zero-order chi connectivity index (χ0) is 20.0. The Bertz CT molecular complexity index is 1150. The normalized spacial score (nSPS) is 18.9. The molecule has 2 aromatic heterocycles. The van der Waals surface area contributed by atoms with Gasteiger partial charge in [-0.1, -0.05) is 6.07 Å². The summed E-state index contributed by atoms with van der Waals surface area (Å²) in [7, 11) is -3.27. The summed E-state index contributed by atoms with van der Waals surface area (Å²) < 4.78 is 28.5. The predicted molar refractivity (Wildman–Crippen MR) is 117 cm³/mol. The van der Waals surface area contributed by atoms with Crippen molar-refractivity contribution in [2.75, 3.05) is 11.3 Å². The van der Waals surface area contributed by atoms with Crippen LogP contribution < -0.4 is 4.72 Å². The molecule has 2 aliphatic rings. The maximum absolute atomic E-state index is 12.3. The highest BCUT2D eigenvalue weighted by Crippen LogP contribution is 2.32. The molecule has 0 unspecified atom stereocenters. The van der Waals surface area contributed by atoms with E-state index < -0.39 is 10.0 Å². The van der Waals surface area contributed by atoms with Crippen LogP contribution in [0.1, 0.15) is 49.0 Å². The van der Waals surface area contributed by atoms with E-state index in [-0.39, 0.29) is 11.3 Å². The quantitative estimate of drug-likeness (QED) is 0.662. The van der Waals surface area contributed by atoms with E-state index in [0.29, 0.717) is 5.69 Å². The highest BCUT2D eigenvalue weighted by atomic mass is 32.2. The summed E-state index contributed by atoms with van der Waals surface area (Å²) in [5, 5.41) is -0.238. The summed E-state index contributed by atoms with van der Waals surface area (Å²) in [5.74, 6) is 0. The molecule has 3 heterocycles. The topological polar surface area (TPSA) is 75.2 Å². The molecular formula is C21H24N4O2S2. The smallest absolute Gasteiger partial charge is 0.235 e. The third-order valence-corrected chi connectivity index (χ3v) is 8.58. The highest BCUT2D eigenvalue weighted by Gasteiger charge is 2.36. The van der Waals surface area contributed by atoms with Crippen molar-refractivity contribution < 1.29 is 8.42 Å². The molecular weight excluding hydrogens is 404 g/mol. The van der Waals surface area contributed by atoms with Crippen LogP contribution in [0.25, 0.3) is 10.2 Å². The first-order valence-corrected chi connectivity index (χ1v) is 12.5. The van der Waals surface area contributed by atoms with Gasteiger partial charge in [-0.05, 0) is 68.5 Å². The number of thiazole rings is 1. The molecule has 29 heavy (non-hydrogen) atoms. The fourth-order valence-electron chi connectivity index (χ4n) is 4.01. The van der Waals surface area contributed by atoms with Gasteiger partial charge in [0.25, 0.3) is 0 Å². The number of pyridine rings is 1. The summed E-state index contributed by atoms with van der Waals surface area (Å²) in [6, 6.07) is 8.74. The molecule has 1 atom stereocenters. The van der Waals surface area contributed by atoms with Crippen LogP contribution in [0.2, 0.25) is 0 Å². The molecule has 3 aromatic rings. The molecule has 0 bridgehead atoms. The number of benzene rings is 1. The van der Waals surface area contributed by atoms with Gasteiger partial charge in [-0.2, -0.15) is 0 Å². The van der Waals surface area contributed by atoms with Crippen molar-refractivity contribution in [1.29, 1.82) is 0 Å². The number of hydrogen-bond acceptors (Lipinski definition) is 6. The lowest BCUT2D eigenvalue weighted by Crippen LogP contribution is -2.27. The molecule has 1 fully saturated rings. The molecule has 1 aliphatic carbocycles. The monoisotopic (exact) mass is 428 g/mol. The Morgan fingerprint density at radius 3 is 2.93 bits per heavy atom. The number of aromatic nitrogens is 2. The van der Waals surface area contributed by atoms with Crippen LogP contribution in [0, 0.1) is 0 Å². The van der Waals surface area contributed by atoms with Gasteiger partial charge in [0, 0.05) is 18.3 Å². The Labute approximate surface area is 175 Å². The molecule has 1 aromatic carbocycles. The fraction of sp³-hybridized carbons (Fsp3) is 0.429. The lowest BCUT2D eigenvalue weighted by atomic mass is 10.1. The van der Waals surface area contributed by atoms with Crippen molar-refractivity contribution in [2.24, 2.45) is 0 Å². The van der Waals surface area contributed by atoms with Crippen molar-refractivity contribution in [3.63, 3.8) is 0 Å². The molecule has 0 amide bonds. The largest absolute Gasteiger partial charge is 0.292 e. The van der Waals surface area contributed by atoms with Gasteiger partial charge in [0.2, 0.25) is 10.0 Å². The summed E-state index contributed by atoms with van der Waals surface area (Å²) in [4.78, 5) is 11.5. The molecule has 0 saturated heterocycles. The molecule has 1 N–H and O–H groups in total. The van der Waals surface area contributed by atoms with Gasteiger partial charge in [0.15, 0.2) is 0 Å². The van der Waals surface area contributed by atoms with E-state index >= 15 is 0 Å². The number of nitrogens with one attached hydrogen (secondary N) is 1. The maximum atomic E-state index is 12.3. The van der Waals surface area contributed by atoms with Gasteiger partial charge >= 0.3 is 0 Å². The minimum absolute atomic E-state index is 0.238.